The molecule has 4 nitrogen and oxygen atoms in total. The average molecular weight is 313 g/mol. The minimum Gasteiger partial charge on any atom is -0.434 e. The van der Waals surface area contributed by atoms with Gasteiger partial charge in [0.2, 0.25) is 0 Å². The molecule has 0 radical (unpaired) electrons. The van der Waals surface area contributed by atoms with Crippen molar-refractivity contribution >= 4 is 17.5 Å². The van der Waals surface area contributed by atoms with E-state index in [1.54, 1.807) is 30.3 Å². The lowest BCUT2D eigenvalue weighted by Gasteiger charge is -2.11. The van der Waals surface area contributed by atoms with Gasteiger partial charge in [-0.25, -0.2) is 4.98 Å². The summed E-state index contributed by atoms with van der Waals surface area (Å²) < 4.78 is 28.9. The fourth-order valence-electron chi connectivity index (χ4n) is 1.66. The van der Waals surface area contributed by atoms with Crippen LogP contribution in [0.25, 0.3) is 0 Å². The van der Waals surface area contributed by atoms with Crippen LogP contribution in [-0.4, -0.2) is 17.5 Å². The summed E-state index contributed by atoms with van der Waals surface area (Å²) in [7, 11) is 0. The first-order valence-corrected chi connectivity index (χ1v) is 6.37. The lowest BCUT2D eigenvalue weighted by molar-refractivity contribution is -0.0504. The van der Waals surface area contributed by atoms with Gasteiger partial charge < -0.3 is 10.1 Å². The Hall–Kier alpha value is -2.21. The standard InChI is InChI=1S/C14H11ClF2N2O2/c15-12-7-3-5-10(19-12)13(20)18-8-9-4-1-2-6-11(9)21-14(16)17/h1-7,14H,8H2,(H,18,20). The monoisotopic (exact) mass is 312 g/mol. The molecule has 21 heavy (non-hydrogen) atoms. The Morgan fingerprint density at radius 3 is 2.71 bits per heavy atom. The van der Waals surface area contributed by atoms with Crippen LogP contribution in [-0.2, 0) is 6.54 Å². The topological polar surface area (TPSA) is 51.2 Å². The van der Waals surface area contributed by atoms with Gasteiger partial charge in [-0.2, -0.15) is 8.78 Å². The van der Waals surface area contributed by atoms with E-state index in [4.69, 9.17) is 11.6 Å². The van der Waals surface area contributed by atoms with Crippen LogP contribution in [0.15, 0.2) is 42.5 Å². The van der Waals surface area contributed by atoms with Gasteiger partial charge in [0.1, 0.15) is 16.6 Å². The largest absolute Gasteiger partial charge is 0.434 e. The molecule has 0 aliphatic heterocycles. The fourth-order valence-corrected chi connectivity index (χ4v) is 1.83. The second-order valence-corrected chi connectivity index (χ2v) is 4.40. The van der Waals surface area contributed by atoms with E-state index < -0.39 is 12.5 Å². The van der Waals surface area contributed by atoms with Crippen molar-refractivity contribution in [1.82, 2.24) is 10.3 Å². The normalized spacial score (nSPS) is 10.5. The molecular formula is C14H11ClF2N2O2. The third-order valence-corrected chi connectivity index (χ3v) is 2.79. The Balaban J connectivity index is 2.04. The highest BCUT2D eigenvalue weighted by atomic mass is 35.5. The summed E-state index contributed by atoms with van der Waals surface area (Å²) >= 11 is 5.69. The Bertz CT molecular complexity index is 638. The SMILES string of the molecule is O=C(NCc1ccccc1OC(F)F)c1cccc(Cl)n1. The average Bonchev–Trinajstić information content (AvgIpc) is 2.45. The highest BCUT2D eigenvalue weighted by molar-refractivity contribution is 6.29. The van der Waals surface area contributed by atoms with Crippen molar-refractivity contribution in [3.05, 3.63) is 58.9 Å². The first-order chi connectivity index (χ1) is 10.1. The summed E-state index contributed by atoms with van der Waals surface area (Å²) in [6.45, 7) is -2.88. The highest BCUT2D eigenvalue weighted by Crippen LogP contribution is 2.20. The minimum atomic E-state index is -2.92. The zero-order chi connectivity index (χ0) is 15.2. The number of aromatic nitrogens is 1. The number of halogens is 3. The quantitative estimate of drug-likeness (QED) is 0.862. The number of hydrogen-bond donors (Lipinski definition) is 1. The molecule has 110 valence electrons. The van der Waals surface area contributed by atoms with E-state index in [0.29, 0.717) is 5.56 Å². The Kier molecular flexibility index (Phi) is 5.05. The van der Waals surface area contributed by atoms with E-state index in [0.717, 1.165) is 0 Å². The van der Waals surface area contributed by atoms with Gasteiger partial charge in [0.25, 0.3) is 5.91 Å². The molecule has 1 aromatic heterocycles. The van der Waals surface area contributed by atoms with Gasteiger partial charge >= 0.3 is 6.61 Å². The van der Waals surface area contributed by atoms with Gasteiger partial charge in [-0.05, 0) is 18.2 Å². The number of carbonyl (C=O) groups excluding carboxylic acids is 1. The number of nitrogens with one attached hydrogen (secondary N) is 1. The Morgan fingerprint density at radius 1 is 1.24 bits per heavy atom. The first kappa shape index (κ1) is 15.2. The van der Waals surface area contributed by atoms with Gasteiger partial charge in [-0.3, -0.25) is 4.79 Å². The second kappa shape index (κ2) is 6.99. The third-order valence-electron chi connectivity index (χ3n) is 2.58. The van der Waals surface area contributed by atoms with E-state index in [2.05, 4.69) is 15.0 Å². The van der Waals surface area contributed by atoms with E-state index in [-0.39, 0.29) is 23.1 Å². The molecule has 0 aliphatic carbocycles. The smallest absolute Gasteiger partial charge is 0.387 e. The second-order valence-electron chi connectivity index (χ2n) is 4.01. The summed E-state index contributed by atoms with van der Waals surface area (Å²) in [6.07, 6.45) is 0. The number of rotatable bonds is 5. The molecule has 0 saturated heterocycles. The number of ether oxygens (including phenoxy) is 1. The lowest BCUT2D eigenvalue weighted by Crippen LogP contribution is -2.24. The van der Waals surface area contributed by atoms with Gasteiger partial charge in [0.15, 0.2) is 0 Å². The predicted octanol–water partition coefficient (Wildman–Crippen LogP) is 3.27. The molecule has 1 N–H and O–H groups in total. The molecule has 0 spiro atoms. The van der Waals surface area contributed by atoms with E-state index >= 15 is 0 Å². The summed E-state index contributed by atoms with van der Waals surface area (Å²) in [6, 6.07) is 10.9. The van der Waals surface area contributed by atoms with Crippen LogP contribution in [0.4, 0.5) is 8.78 Å². The van der Waals surface area contributed by atoms with Crippen LogP contribution in [0.1, 0.15) is 16.1 Å². The lowest BCUT2D eigenvalue weighted by atomic mass is 10.2. The number of hydrogen-bond acceptors (Lipinski definition) is 3. The number of nitrogens with zero attached hydrogens (tertiary/aromatic N) is 1. The fraction of sp³-hybridized carbons (Fsp3) is 0.143. The maximum Gasteiger partial charge on any atom is 0.387 e. The van der Waals surface area contributed by atoms with Gasteiger partial charge in [-0.15, -0.1) is 0 Å². The van der Waals surface area contributed by atoms with Crippen LogP contribution in [0.5, 0.6) is 5.75 Å². The van der Waals surface area contributed by atoms with Crippen molar-refractivity contribution in [3.63, 3.8) is 0 Å². The van der Waals surface area contributed by atoms with Crippen molar-refractivity contribution in [2.45, 2.75) is 13.2 Å². The minimum absolute atomic E-state index is 0.0202. The predicted molar refractivity (Wildman–Crippen MR) is 73.5 cm³/mol. The number of alkyl halides is 2. The van der Waals surface area contributed by atoms with Crippen LogP contribution < -0.4 is 10.1 Å². The summed E-state index contributed by atoms with van der Waals surface area (Å²) in [5.74, 6) is -0.434. The third kappa shape index (κ3) is 4.39. The van der Waals surface area contributed by atoms with Crippen LogP contribution in [0.2, 0.25) is 5.15 Å². The zero-order valence-corrected chi connectivity index (χ0v) is 11.5. The van der Waals surface area contributed by atoms with Gasteiger partial charge in [0.05, 0.1) is 0 Å². The molecule has 0 fully saturated rings. The van der Waals surface area contributed by atoms with Crippen molar-refractivity contribution in [2.75, 3.05) is 0 Å². The number of amides is 1. The number of carbonyl (C=O) groups is 1. The maximum atomic E-state index is 12.3. The van der Waals surface area contributed by atoms with Crippen molar-refractivity contribution in [2.24, 2.45) is 0 Å². The molecule has 0 saturated carbocycles. The van der Waals surface area contributed by atoms with E-state index in [1.807, 2.05) is 0 Å². The molecule has 7 heteroatoms. The summed E-state index contributed by atoms with van der Waals surface area (Å²) in [5.41, 5.74) is 0.586. The maximum absolute atomic E-state index is 12.3. The molecule has 2 aromatic rings. The zero-order valence-electron chi connectivity index (χ0n) is 10.7. The van der Waals surface area contributed by atoms with E-state index in [1.165, 1.54) is 12.1 Å². The molecule has 0 bridgehead atoms. The van der Waals surface area contributed by atoms with Gasteiger partial charge in [-0.1, -0.05) is 35.9 Å². The molecule has 2 rings (SSSR count). The van der Waals surface area contributed by atoms with Crippen LogP contribution >= 0.6 is 11.6 Å². The molecule has 0 atom stereocenters. The van der Waals surface area contributed by atoms with Crippen molar-refractivity contribution in [3.8, 4) is 5.75 Å². The number of benzene rings is 1. The first-order valence-electron chi connectivity index (χ1n) is 6.00. The number of para-hydroxylation sites is 1. The molecule has 1 aromatic carbocycles. The Morgan fingerprint density at radius 2 is 2.00 bits per heavy atom. The molecular weight excluding hydrogens is 302 g/mol. The molecule has 1 amide bonds. The highest BCUT2D eigenvalue weighted by Gasteiger charge is 2.11. The van der Waals surface area contributed by atoms with Crippen LogP contribution in [0, 0.1) is 0 Å². The summed E-state index contributed by atoms with van der Waals surface area (Å²) in [4.78, 5) is 15.7. The summed E-state index contributed by atoms with van der Waals surface area (Å²) in [5, 5.41) is 2.77. The van der Waals surface area contributed by atoms with Crippen molar-refractivity contribution < 1.29 is 18.3 Å². The molecule has 0 unspecified atom stereocenters. The van der Waals surface area contributed by atoms with Gasteiger partial charge in [0, 0.05) is 12.1 Å². The van der Waals surface area contributed by atoms with Crippen LogP contribution in [0.3, 0.4) is 0 Å². The van der Waals surface area contributed by atoms with E-state index in [9.17, 15) is 13.6 Å². The molecule has 1 heterocycles. The Labute approximate surface area is 124 Å². The van der Waals surface area contributed by atoms with Crippen molar-refractivity contribution in [1.29, 1.82) is 0 Å². The molecule has 0 aliphatic rings. The number of pyridine rings is 1.